The second-order valence-electron chi connectivity index (χ2n) is 2.62. The Kier molecular flexibility index (Phi) is 4.55. The molecule has 0 heterocycles. The van der Waals surface area contributed by atoms with Gasteiger partial charge < -0.3 is 5.11 Å². The first-order valence-electron chi connectivity index (χ1n) is 4.01. The number of nitrogens with zero attached hydrogens (tertiary/aromatic N) is 1. The maximum atomic E-state index is 10.6. The van der Waals surface area contributed by atoms with Crippen molar-refractivity contribution in [3.05, 3.63) is 33.8 Å². The van der Waals surface area contributed by atoms with E-state index in [1.807, 2.05) is 0 Å². The van der Waals surface area contributed by atoms with E-state index in [1.54, 1.807) is 18.2 Å². The monoisotopic (exact) mass is 246 g/mol. The molecule has 2 N–H and O–H groups in total. The number of aliphatic hydroxyl groups excluding tert-OH is 1. The number of benzene rings is 1. The zero-order chi connectivity index (χ0) is 11.3. The van der Waals surface area contributed by atoms with Crippen molar-refractivity contribution in [2.45, 2.75) is 0 Å². The van der Waals surface area contributed by atoms with Crippen LogP contribution in [0.15, 0.2) is 23.3 Å². The molecular formula is C9H8Cl2N2O2. The van der Waals surface area contributed by atoms with Crippen molar-refractivity contribution in [3.8, 4) is 0 Å². The highest BCUT2D eigenvalue weighted by Crippen LogP contribution is 2.21. The fourth-order valence-corrected chi connectivity index (χ4v) is 1.11. The highest BCUT2D eigenvalue weighted by Gasteiger charge is 1.97. The molecular weight excluding hydrogens is 239 g/mol. The van der Waals surface area contributed by atoms with Gasteiger partial charge in [0.15, 0.2) is 0 Å². The van der Waals surface area contributed by atoms with Crippen LogP contribution in [0.1, 0.15) is 5.56 Å². The lowest BCUT2D eigenvalue weighted by atomic mass is 10.2. The minimum atomic E-state index is -0.598. The van der Waals surface area contributed by atoms with E-state index < -0.39 is 12.5 Å². The van der Waals surface area contributed by atoms with Crippen LogP contribution in [0.4, 0.5) is 0 Å². The van der Waals surface area contributed by atoms with E-state index in [9.17, 15) is 4.79 Å². The number of rotatable bonds is 3. The summed E-state index contributed by atoms with van der Waals surface area (Å²) < 4.78 is 0. The van der Waals surface area contributed by atoms with Crippen LogP contribution in [-0.4, -0.2) is 23.8 Å². The molecule has 0 bridgehead atoms. The van der Waals surface area contributed by atoms with Gasteiger partial charge in [-0.05, 0) is 17.7 Å². The van der Waals surface area contributed by atoms with Crippen molar-refractivity contribution in [2.24, 2.45) is 5.10 Å². The number of hydrogen-bond acceptors (Lipinski definition) is 3. The Morgan fingerprint density at radius 1 is 1.47 bits per heavy atom. The zero-order valence-corrected chi connectivity index (χ0v) is 9.09. The van der Waals surface area contributed by atoms with Crippen LogP contribution < -0.4 is 5.43 Å². The quantitative estimate of drug-likeness (QED) is 0.627. The van der Waals surface area contributed by atoms with E-state index in [4.69, 9.17) is 28.3 Å². The summed E-state index contributed by atoms with van der Waals surface area (Å²) in [6, 6.07) is 4.93. The molecule has 1 aromatic carbocycles. The second kappa shape index (κ2) is 5.70. The van der Waals surface area contributed by atoms with Crippen molar-refractivity contribution in [3.63, 3.8) is 0 Å². The maximum absolute atomic E-state index is 10.6. The van der Waals surface area contributed by atoms with E-state index >= 15 is 0 Å². The highest BCUT2D eigenvalue weighted by molar-refractivity contribution is 6.42. The van der Waals surface area contributed by atoms with Crippen molar-refractivity contribution in [1.82, 2.24) is 5.43 Å². The van der Waals surface area contributed by atoms with Crippen LogP contribution in [0.3, 0.4) is 0 Å². The second-order valence-corrected chi connectivity index (χ2v) is 3.44. The Morgan fingerprint density at radius 3 is 2.80 bits per heavy atom. The van der Waals surface area contributed by atoms with Gasteiger partial charge in [0.25, 0.3) is 5.91 Å². The Balaban J connectivity index is 2.65. The minimum absolute atomic E-state index is 0.411. The summed E-state index contributed by atoms with van der Waals surface area (Å²) in [6.45, 7) is -0.598. The number of hydrazone groups is 1. The van der Waals surface area contributed by atoms with E-state index in [0.29, 0.717) is 15.6 Å². The van der Waals surface area contributed by atoms with Gasteiger partial charge in [0.2, 0.25) is 0 Å². The number of carbonyl (C=O) groups is 1. The van der Waals surface area contributed by atoms with Gasteiger partial charge in [0, 0.05) is 0 Å². The summed E-state index contributed by atoms with van der Waals surface area (Å²) >= 11 is 11.5. The van der Waals surface area contributed by atoms with Crippen LogP contribution in [0, 0.1) is 0 Å². The summed E-state index contributed by atoms with van der Waals surface area (Å²) in [4.78, 5) is 10.6. The lowest BCUT2D eigenvalue weighted by Crippen LogP contribution is -2.20. The molecule has 0 spiro atoms. The Hall–Kier alpha value is -1.10. The van der Waals surface area contributed by atoms with Gasteiger partial charge in [-0.3, -0.25) is 4.79 Å². The average molecular weight is 247 g/mol. The first-order chi connectivity index (χ1) is 7.13. The summed E-state index contributed by atoms with van der Waals surface area (Å²) in [7, 11) is 0. The van der Waals surface area contributed by atoms with E-state index in [1.165, 1.54) is 6.21 Å². The fourth-order valence-electron chi connectivity index (χ4n) is 0.807. The SMILES string of the molecule is O=C(CO)N/N=C\c1ccc(Cl)c(Cl)c1. The van der Waals surface area contributed by atoms with Crippen LogP contribution in [-0.2, 0) is 4.79 Å². The number of nitrogens with one attached hydrogen (secondary N) is 1. The van der Waals surface area contributed by atoms with Gasteiger partial charge in [-0.15, -0.1) is 0 Å². The number of amides is 1. The summed E-state index contributed by atoms with van der Waals surface area (Å²) in [6.07, 6.45) is 1.40. The van der Waals surface area contributed by atoms with Crippen molar-refractivity contribution in [1.29, 1.82) is 0 Å². The van der Waals surface area contributed by atoms with Crippen LogP contribution in [0.5, 0.6) is 0 Å². The van der Waals surface area contributed by atoms with Crippen molar-refractivity contribution >= 4 is 35.3 Å². The number of carbonyl (C=O) groups excluding carboxylic acids is 1. The molecule has 0 aliphatic rings. The normalized spacial score (nSPS) is 10.6. The average Bonchev–Trinajstić information content (AvgIpc) is 2.23. The van der Waals surface area contributed by atoms with Crippen molar-refractivity contribution < 1.29 is 9.90 Å². The Bertz CT molecular complexity index is 394. The predicted octanol–water partition coefficient (Wildman–Crippen LogP) is 1.44. The van der Waals surface area contributed by atoms with Gasteiger partial charge in [-0.1, -0.05) is 29.3 Å². The molecule has 0 aromatic heterocycles. The topological polar surface area (TPSA) is 61.7 Å². The zero-order valence-electron chi connectivity index (χ0n) is 7.58. The van der Waals surface area contributed by atoms with Crippen LogP contribution in [0.25, 0.3) is 0 Å². The summed E-state index contributed by atoms with van der Waals surface area (Å²) in [5, 5.41) is 12.8. The lowest BCUT2D eigenvalue weighted by Gasteiger charge is -1.97. The molecule has 15 heavy (non-hydrogen) atoms. The fraction of sp³-hybridized carbons (Fsp3) is 0.111. The molecule has 6 heteroatoms. The van der Waals surface area contributed by atoms with Gasteiger partial charge >= 0.3 is 0 Å². The third kappa shape index (κ3) is 3.87. The molecule has 0 aliphatic carbocycles. The Morgan fingerprint density at radius 2 is 2.20 bits per heavy atom. The largest absolute Gasteiger partial charge is 0.386 e. The molecule has 0 unspecified atom stereocenters. The standard InChI is InChI=1S/C9H8Cl2N2O2/c10-7-2-1-6(3-8(7)11)4-12-13-9(15)5-14/h1-4,14H,5H2,(H,13,15)/b12-4-. The lowest BCUT2D eigenvalue weighted by molar-refractivity contribution is -0.123. The third-order valence-electron chi connectivity index (χ3n) is 1.49. The first-order valence-corrected chi connectivity index (χ1v) is 4.77. The maximum Gasteiger partial charge on any atom is 0.265 e. The molecule has 0 fully saturated rings. The number of halogens is 2. The summed E-state index contributed by atoms with van der Waals surface area (Å²) in [5.41, 5.74) is 2.82. The molecule has 0 radical (unpaired) electrons. The Labute approximate surface area is 96.5 Å². The van der Waals surface area contributed by atoms with Crippen molar-refractivity contribution in [2.75, 3.05) is 6.61 Å². The van der Waals surface area contributed by atoms with Crippen LogP contribution in [0.2, 0.25) is 10.0 Å². The van der Waals surface area contributed by atoms with E-state index in [0.717, 1.165) is 0 Å². The summed E-state index contributed by atoms with van der Waals surface area (Å²) in [5.74, 6) is -0.577. The van der Waals surface area contributed by atoms with Crippen LogP contribution >= 0.6 is 23.2 Å². The molecule has 0 aliphatic heterocycles. The first kappa shape index (κ1) is 12.0. The molecule has 4 nitrogen and oxygen atoms in total. The molecule has 1 amide bonds. The molecule has 0 atom stereocenters. The number of hydrogen-bond donors (Lipinski definition) is 2. The highest BCUT2D eigenvalue weighted by atomic mass is 35.5. The number of aliphatic hydroxyl groups is 1. The van der Waals surface area contributed by atoms with Gasteiger partial charge in [0.05, 0.1) is 16.3 Å². The predicted molar refractivity (Wildman–Crippen MR) is 59.3 cm³/mol. The molecule has 1 rings (SSSR count). The van der Waals surface area contributed by atoms with E-state index in [-0.39, 0.29) is 0 Å². The molecule has 0 saturated heterocycles. The minimum Gasteiger partial charge on any atom is -0.386 e. The van der Waals surface area contributed by atoms with Gasteiger partial charge in [0.1, 0.15) is 6.61 Å². The smallest absolute Gasteiger partial charge is 0.265 e. The van der Waals surface area contributed by atoms with E-state index in [2.05, 4.69) is 10.5 Å². The molecule has 0 saturated carbocycles. The molecule has 1 aromatic rings. The van der Waals surface area contributed by atoms with Gasteiger partial charge in [-0.25, -0.2) is 5.43 Å². The van der Waals surface area contributed by atoms with Gasteiger partial charge in [-0.2, -0.15) is 5.10 Å². The third-order valence-corrected chi connectivity index (χ3v) is 2.23. The molecule has 80 valence electrons.